The first-order valence-electron chi connectivity index (χ1n) is 6.42. The van der Waals surface area contributed by atoms with Crippen molar-refractivity contribution in [1.29, 1.82) is 5.26 Å². The van der Waals surface area contributed by atoms with Gasteiger partial charge < -0.3 is 15.4 Å². The Hall–Kier alpha value is -2.81. The van der Waals surface area contributed by atoms with Gasteiger partial charge in [-0.05, 0) is 31.5 Å². The smallest absolute Gasteiger partial charge is 0.257 e. The standard InChI is InChI=1S/C15H17N5O/c1-9-10(2)18-19-15(12(9)8-16)21-14-7-11(20(3)4)5-6-13(14)17/h5-7H,17H2,1-4H3. The zero-order valence-corrected chi connectivity index (χ0v) is 12.5. The van der Waals surface area contributed by atoms with Crippen LogP contribution >= 0.6 is 0 Å². The number of benzene rings is 1. The van der Waals surface area contributed by atoms with Gasteiger partial charge in [0.05, 0.1) is 11.4 Å². The third-order valence-corrected chi connectivity index (χ3v) is 3.25. The van der Waals surface area contributed by atoms with E-state index in [1.807, 2.05) is 32.0 Å². The van der Waals surface area contributed by atoms with Crippen molar-refractivity contribution in [3.63, 3.8) is 0 Å². The fourth-order valence-corrected chi connectivity index (χ4v) is 1.78. The zero-order chi connectivity index (χ0) is 15.6. The molecule has 0 aliphatic rings. The van der Waals surface area contributed by atoms with Gasteiger partial charge in [-0.2, -0.15) is 10.4 Å². The minimum absolute atomic E-state index is 0.170. The maximum Gasteiger partial charge on any atom is 0.257 e. The number of nitrogens with zero attached hydrogens (tertiary/aromatic N) is 4. The van der Waals surface area contributed by atoms with E-state index in [4.69, 9.17) is 10.5 Å². The van der Waals surface area contributed by atoms with Crippen LogP contribution in [0, 0.1) is 25.2 Å². The van der Waals surface area contributed by atoms with Gasteiger partial charge in [-0.3, -0.25) is 0 Å². The molecule has 2 rings (SSSR count). The largest absolute Gasteiger partial charge is 0.434 e. The summed E-state index contributed by atoms with van der Waals surface area (Å²) in [7, 11) is 3.84. The van der Waals surface area contributed by atoms with E-state index >= 15 is 0 Å². The summed E-state index contributed by atoms with van der Waals surface area (Å²) >= 11 is 0. The Morgan fingerprint density at radius 2 is 1.95 bits per heavy atom. The fraction of sp³-hybridized carbons (Fsp3) is 0.267. The van der Waals surface area contributed by atoms with Crippen LogP contribution in [0.4, 0.5) is 11.4 Å². The molecule has 0 unspecified atom stereocenters. The molecule has 6 heteroatoms. The first-order chi connectivity index (χ1) is 9.93. The Morgan fingerprint density at radius 3 is 2.57 bits per heavy atom. The van der Waals surface area contributed by atoms with E-state index in [1.54, 1.807) is 19.1 Å². The Labute approximate surface area is 123 Å². The summed E-state index contributed by atoms with van der Waals surface area (Å²) in [5.41, 5.74) is 9.17. The maximum atomic E-state index is 9.28. The summed E-state index contributed by atoms with van der Waals surface area (Å²) in [6.07, 6.45) is 0. The van der Waals surface area contributed by atoms with Crippen molar-refractivity contribution < 1.29 is 4.74 Å². The summed E-state index contributed by atoms with van der Waals surface area (Å²) in [4.78, 5) is 1.93. The van der Waals surface area contributed by atoms with Crippen molar-refractivity contribution in [2.24, 2.45) is 0 Å². The van der Waals surface area contributed by atoms with Crippen LogP contribution in [0.25, 0.3) is 0 Å². The molecule has 0 saturated heterocycles. The van der Waals surface area contributed by atoms with Crippen LogP contribution in [0.2, 0.25) is 0 Å². The lowest BCUT2D eigenvalue weighted by molar-refractivity contribution is 0.454. The summed E-state index contributed by atoms with van der Waals surface area (Å²) in [6, 6.07) is 7.55. The molecule has 0 bridgehead atoms. The van der Waals surface area contributed by atoms with E-state index in [9.17, 15) is 5.26 Å². The van der Waals surface area contributed by atoms with Crippen LogP contribution in [0.1, 0.15) is 16.8 Å². The number of ether oxygens (including phenoxy) is 1. The van der Waals surface area contributed by atoms with Crippen molar-refractivity contribution in [1.82, 2.24) is 10.2 Å². The number of aromatic nitrogens is 2. The molecule has 6 nitrogen and oxygen atoms in total. The van der Waals surface area contributed by atoms with Gasteiger partial charge >= 0.3 is 0 Å². The molecule has 0 atom stereocenters. The molecule has 0 amide bonds. The van der Waals surface area contributed by atoms with Crippen LogP contribution in [-0.4, -0.2) is 24.3 Å². The Morgan fingerprint density at radius 1 is 1.24 bits per heavy atom. The Bertz CT molecular complexity index is 719. The van der Waals surface area contributed by atoms with Crippen LogP contribution < -0.4 is 15.4 Å². The highest BCUT2D eigenvalue weighted by molar-refractivity contribution is 5.63. The van der Waals surface area contributed by atoms with Crippen molar-refractivity contribution in [3.8, 4) is 17.7 Å². The number of aryl methyl sites for hydroxylation is 1. The fourth-order valence-electron chi connectivity index (χ4n) is 1.78. The van der Waals surface area contributed by atoms with Crippen molar-refractivity contribution in [2.45, 2.75) is 13.8 Å². The molecular formula is C15H17N5O. The molecule has 0 radical (unpaired) electrons. The van der Waals surface area contributed by atoms with E-state index in [2.05, 4.69) is 16.3 Å². The number of hydrogen-bond acceptors (Lipinski definition) is 6. The van der Waals surface area contributed by atoms with E-state index in [-0.39, 0.29) is 5.88 Å². The van der Waals surface area contributed by atoms with Crippen molar-refractivity contribution in [3.05, 3.63) is 35.0 Å². The minimum Gasteiger partial charge on any atom is -0.434 e. The highest BCUT2D eigenvalue weighted by atomic mass is 16.5. The van der Waals surface area contributed by atoms with Gasteiger partial charge in [-0.15, -0.1) is 5.10 Å². The van der Waals surface area contributed by atoms with Gasteiger partial charge in [0.15, 0.2) is 5.75 Å². The predicted molar refractivity (Wildman–Crippen MR) is 81.5 cm³/mol. The second-order valence-corrected chi connectivity index (χ2v) is 4.92. The molecule has 1 aromatic heterocycles. The average molecular weight is 283 g/mol. The Balaban J connectivity index is 2.46. The topological polar surface area (TPSA) is 88.1 Å². The number of anilines is 2. The van der Waals surface area contributed by atoms with E-state index in [0.29, 0.717) is 22.7 Å². The third-order valence-electron chi connectivity index (χ3n) is 3.25. The summed E-state index contributed by atoms with van der Waals surface area (Å²) in [6.45, 7) is 3.61. The summed E-state index contributed by atoms with van der Waals surface area (Å²) < 4.78 is 5.71. The van der Waals surface area contributed by atoms with E-state index in [1.165, 1.54) is 0 Å². The van der Waals surface area contributed by atoms with Gasteiger partial charge in [0.25, 0.3) is 5.88 Å². The normalized spacial score (nSPS) is 10.0. The van der Waals surface area contributed by atoms with Crippen LogP contribution in [0.15, 0.2) is 18.2 Å². The number of nitriles is 1. The number of nitrogens with two attached hydrogens (primary N) is 1. The number of nitrogen functional groups attached to an aromatic ring is 1. The third kappa shape index (κ3) is 2.87. The molecule has 2 N–H and O–H groups in total. The zero-order valence-electron chi connectivity index (χ0n) is 12.5. The van der Waals surface area contributed by atoms with E-state index in [0.717, 1.165) is 11.3 Å². The monoisotopic (exact) mass is 283 g/mol. The number of rotatable bonds is 3. The van der Waals surface area contributed by atoms with Gasteiger partial charge in [-0.25, -0.2) is 0 Å². The first-order valence-corrected chi connectivity index (χ1v) is 6.42. The number of hydrogen-bond donors (Lipinski definition) is 1. The predicted octanol–water partition coefficient (Wildman–Crippen LogP) is 2.41. The van der Waals surface area contributed by atoms with Crippen LogP contribution in [0.5, 0.6) is 11.6 Å². The molecule has 21 heavy (non-hydrogen) atoms. The lowest BCUT2D eigenvalue weighted by Crippen LogP contribution is -2.09. The van der Waals surface area contributed by atoms with Crippen LogP contribution in [-0.2, 0) is 0 Å². The maximum absolute atomic E-state index is 9.28. The highest BCUT2D eigenvalue weighted by Crippen LogP contribution is 2.32. The molecule has 2 aromatic rings. The second kappa shape index (κ2) is 5.67. The molecule has 0 fully saturated rings. The van der Waals surface area contributed by atoms with Crippen molar-refractivity contribution in [2.75, 3.05) is 24.7 Å². The lowest BCUT2D eigenvalue weighted by Gasteiger charge is -2.15. The van der Waals surface area contributed by atoms with Crippen molar-refractivity contribution >= 4 is 11.4 Å². The first kappa shape index (κ1) is 14.6. The molecule has 0 spiro atoms. The van der Waals surface area contributed by atoms with Gasteiger partial charge in [0.1, 0.15) is 11.6 Å². The molecule has 1 aromatic carbocycles. The molecule has 0 aliphatic heterocycles. The average Bonchev–Trinajstić information content (AvgIpc) is 2.45. The SMILES string of the molecule is Cc1nnc(Oc2cc(N(C)C)ccc2N)c(C#N)c1C. The quantitative estimate of drug-likeness (QED) is 0.870. The highest BCUT2D eigenvalue weighted by Gasteiger charge is 2.14. The van der Waals surface area contributed by atoms with Crippen LogP contribution in [0.3, 0.4) is 0 Å². The van der Waals surface area contributed by atoms with E-state index < -0.39 is 0 Å². The lowest BCUT2D eigenvalue weighted by atomic mass is 10.1. The molecule has 1 heterocycles. The Kier molecular flexibility index (Phi) is 3.94. The minimum atomic E-state index is 0.170. The van der Waals surface area contributed by atoms with Gasteiger partial charge in [0.2, 0.25) is 0 Å². The van der Waals surface area contributed by atoms with Gasteiger partial charge in [0, 0.05) is 25.8 Å². The van der Waals surface area contributed by atoms with Gasteiger partial charge in [-0.1, -0.05) is 0 Å². The second-order valence-electron chi connectivity index (χ2n) is 4.92. The molecular weight excluding hydrogens is 266 g/mol. The molecule has 108 valence electrons. The summed E-state index contributed by atoms with van der Waals surface area (Å²) in [5.74, 6) is 0.624. The summed E-state index contributed by atoms with van der Waals surface area (Å²) in [5, 5.41) is 17.2. The molecule has 0 saturated carbocycles. The molecule has 0 aliphatic carbocycles.